The van der Waals surface area contributed by atoms with Crippen LogP contribution in [0.3, 0.4) is 0 Å². The summed E-state index contributed by atoms with van der Waals surface area (Å²) in [5, 5.41) is 0. The van der Waals surface area contributed by atoms with Crippen LogP contribution in [-0.2, 0) is 19.1 Å². The third-order valence-electron chi connectivity index (χ3n) is 4.22. The molecule has 0 radical (unpaired) electrons. The minimum absolute atomic E-state index is 0.0644. The van der Waals surface area contributed by atoms with Crippen molar-refractivity contribution < 1.29 is 19.1 Å². The quantitative estimate of drug-likeness (QED) is 0.201. The van der Waals surface area contributed by atoms with Gasteiger partial charge in [-0.25, -0.2) is 9.59 Å². The number of carbonyl (C=O) groups excluding carboxylic acids is 2. The Kier molecular flexibility index (Phi) is 16.6. The maximum Gasteiger partial charge on any atom is 0.331 e. The second-order valence-corrected chi connectivity index (χ2v) is 6.59. The SMILES string of the molecule is CCCCCCCCCCOC(=O)/C=C/C(=O)OC(CC)CCCC. The summed E-state index contributed by atoms with van der Waals surface area (Å²) in [6.07, 6.45) is 15.7. The summed E-state index contributed by atoms with van der Waals surface area (Å²) < 4.78 is 10.4. The zero-order valence-corrected chi connectivity index (χ0v) is 16.6. The number of rotatable bonds is 16. The lowest BCUT2D eigenvalue weighted by molar-refractivity contribution is -0.144. The van der Waals surface area contributed by atoms with Crippen LogP contribution in [0.15, 0.2) is 12.2 Å². The van der Waals surface area contributed by atoms with Crippen molar-refractivity contribution in [1.29, 1.82) is 0 Å². The molecule has 0 N–H and O–H groups in total. The zero-order valence-electron chi connectivity index (χ0n) is 16.6. The van der Waals surface area contributed by atoms with E-state index in [9.17, 15) is 9.59 Å². The van der Waals surface area contributed by atoms with Gasteiger partial charge in [-0.3, -0.25) is 0 Å². The van der Waals surface area contributed by atoms with E-state index < -0.39 is 11.9 Å². The van der Waals surface area contributed by atoms with E-state index in [0.29, 0.717) is 6.61 Å². The topological polar surface area (TPSA) is 52.6 Å². The maximum atomic E-state index is 11.7. The van der Waals surface area contributed by atoms with Gasteiger partial charge in [0.15, 0.2) is 0 Å². The normalized spacial score (nSPS) is 12.3. The van der Waals surface area contributed by atoms with Gasteiger partial charge in [-0.15, -0.1) is 0 Å². The molecule has 0 spiro atoms. The number of hydrogen-bond acceptors (Lipinski definition) is 4. The number of unbranched alkanes of at least 4 members (excludes halogenated alkanes) is 8. The molecule has 0 aromatic heterocycles. The van der Waals surface area contributed by atoms with Crippen LogP contribution >= 0.6 is 0 Å². The third-order valence-corrected chi connectivity index (χ3v) is 4.22. The van der Waals surface area contributed by atoms with Crippen molar-refractivity contribution in [3.05, 3.63) is 12.2 Å². The molecule has 1 unspecified atom stereocenters. The van der Waals surface area contributed by atoms with Crippen molar-refractivity contribution in [2.45, 2.75) is 104 Å². The summed E-state index contributed by atoms with van der Waals surface area (Å²) in [6.45, 7) is 6.74. The van der Waals surface area contributed by atoms with Crippen molar-refractivity contribution in [2.75, 3.05) is 6.61 Å². The molecule has 0 bridgehead atoms. The molecule has 0 aliphatic heterocycles. The van der Waals surface area contributed by atoms with Crippen LogP contribution in [0, 0.1) is 0 Å². The first-order chi connectivity index (χ1) is 12.1. The number of hydrogen-bond donors (Lipinski definition) is 0. The molecule has 0 aromatic carbocycles. The van der Waals surface area contributed by atoms with Crippen LogP contribution in [0.2, 0.25) is 0 Å². The lowest BCUT2D eigenvalue weighted by Crippen LogP contribution is -2.16. The molecule has 0 rings (SSSR count). The lowest BCUT2D eigenvalue weighted by atomic mass is 10.1. The molecule has 1 atom stereocenters. The monoisotopic (exact) mass is 354 g/mol. The Morgan fingerprint density at radius 1 is 0.760 bits per heavy atom. The van der Waals surface area contributed by atoms with Crippen LogP contribution < -0.4 is 0 Å². The first kappa shape index (κ1) is 23.7. The molecule has 0 aromatic rings. The van der Waals surface area contributed by atoms with Gasteiger partial charge in [0.05, 0.1) is 6.61 Å². The molecule has 4 heteroatoms. The van der Waals surface area contributed by atoms with Crippen molar-refractivity contribution in [2.24, 2.45) is 0 Å². The fourth-order valence-corrected chi connectivity index (χ4v) is 2.57. The van der Waals surface area contributed by atoms with Crippen LogP contribution in [0.5, 0.6) is 0 Å². The fourth-order valence-electron chi connectivity index (χ4n) is 2.57. The standard InChI is InChI=1S/C21H38O4/c1-4-7-9-10-11-12-13-14-18-24-20(22)16-17-21(23)25-19(6-3)15-8-5-2/h16-17,19H,4-15,18H2,1-3H3/b17-16+. The van der Waals surface area contributed by atoms with Crippen molar-refractivity contribution >= 4 is 11.9 Å². The summed E-state index contributed by atoms with van der Waals surface area (Å²) in [7, 11) is 0. The minimum Gasteiger partial charge on any atom is -0.463 e. The van der Waals surface area contributed by atoms with Crippen LogP contribution in [-0.4, -0.2) is 24.6 Å². The van der Waals surface area contributed by atoms with Gasteiger partial charge in [0.25, 0.3) is 0 Å². The molecular formula is C21H38O4. The number of carbonyl (C=O) groups is 2. The van der Waals surface area contributed by atoms with Crippen molar-refractivity contribution in [3.8, 4) is 0 Å². The predicted molar refractivity (Wildman–Crippen MR) is 102 cm³/mol. The Hall–Kier alpha value is -1.32. The van der Waals surface area contributed by atoms with E-state index in [-0.39, 0.29) is 6.10 Å². The van der Waals surface area contributed by atoms with E-state index in [0.717, 1.165) is 38.5 Å². The van der Waals surface area contributed by atoms with Crippen molar-refractivity contribution in [3.63, 3.8) is 0 Å². The summed E-state index contributed by atoms with van der Waals surface area (Å²) in [4.78, 5) is 23.3. The Labute approximate surface area is 154 Å². The predicted octanol–water partition coefficient (Wildman–Crippen LogP) is 5.74. The van der Waals surface area contributed by atoms with Crippen LogP contribution in [0.4, 0.5) is 0 Å². The molecule has 0 fully saturated rings. The first-order valence-corrected chi connectivity index (χ1v) is 10.2. The van der Waals surface area contributed by atoms with Crippen molar-refractivity contribution in [1.82, 2.24) is 0 Å². The van der Waals surface area contributed by atoms with E-state index in [4.69, 9.17) is 9.47 Å². The summed E-state index contributed by atoms with van der Waals surface area (Å²) in [5.74, 6) is -0.937. The first-order valence-electron chi connectivity index (χ1n) is 10.2. The molecular weight excluding hydrogens is 316 g/mol. The second-order valence-electron chi connectivity index (χ2n) is 6.59. The van der Waals surface area contributed by atoms with E-state index >= 15 is 0 Å². The van der Waals surface area contributed by atoms with Crippen LogP contribution in [0.25, 0.3) is 0 Å². The fraction of sp³-hybridized carbons (Fsp3) is 0.810. The summed E-state index contributed by atoms with van der Waals surface area (Å²) in [6, 6.07) is 0. The third kappa shape index (κ3) is 15.9. The molecule has 0 saturated heterocycles. The van der Waals surface area contributed by atoms with Gasteiger partial charge in [0.2, 0.25) is 0 Å². The lowest BCUT2D eigenvalue weighted by Gasteiger charge is -2.14. The average molecular weight is 355 g/mol. The number of esters is 2. The van der Waals surface area contributed by atoms with Gasteiger partial charge in [-0.05, 0) is 19.3 Å². The largest absolute Gasteiger partial charge is 0.463 e. The Balaban J connectivity index is 3.69. The highest BCUT2D eigenvalue weighted by molar-refractivity contribution is 5.91. The van der Waals surface area contributed by atoms with E-state index in [1.807, 2.05) is 6.92 Å². The van der Waals surface area contributed by atoms with E-state index in [1.54, 1.807) is 0 Å². The highest BCUT2D eigenvalue weighted by Gasteiger charge is 2.10. The van der Waals surface area contributed by atoms with E-state index in [1.165, 1.54) is 50.7 Å². The molecule has 146 valence electrons. The number of ether oxygens (including phenoxy) is 2. The second kappa shape index (κ2) is 17.5. The summed E-state index contributed by atoms with van der Waals surface area (Å²) in [5.41, 5.74) is 0. The summed E-state index contributed by atoms with van der Waals surface area (Å²) >= 11 is 0. The van der Waals surface area contributed by atoms with Gasteiger partial charge >= 0.3 is 11.9 Å². The molecule has 0 heterocycles. The highest BCUT2D eigenvalue weighted by Crippen LogP contribution is 2.10. The highest BCUT2D eigenvalue weighted by atomic mass is 16.5. The van der Waals surface area contributed by atoms with Gasteiger partial charge in [0.1, 0.15) is 6.10 Å². The van der Waals surface area contributed by atoms with Gasteiger partial charge < -0.3 is 9.47 Å². The van der Waals surface area contributed by atoms with Gasteiger partial charge in [-0.2, -0.15) is 0 Å². The van der Waals surface area contributed by atoms with Crippen LogP contribution in [0.1, 0.15) is 97.8 Å². The van der Waals surface area contributed by atoms with E-state index in [2.05, 4.69) is 13.8 Å². The molecule has 0 saturated carbocycles. The Morgan fingerprint density at radius 3 is 1.92 bits per heavy atom. The minimum atomic E-state index is -0.471. The zero-order chi connectivity index (χ0) is 18.8. The molecule has 0 aliphatic carbocycles. The average Bonchev–Trinajstić information content (AvgIpc) is 2.62. The molecule has 0 amide bonds. The molecule has 0 aliphatic rings. The maximum absolute atomic E-state index is 11.7. The van der Waals surface area contributed by atoms with Gasteiger partial charge in [0, 0.05) is 12.2 Å². The Bertz CT molecular complexity index is 363. The Morgan fingerprint density at radius 2 is 1.32 bits per heavy atom. The molecule has 25 heavy (non-hydrogen) atoms. The van der Waals surface area contributed by atoms with Gasteiger partial charge in [-0.1, -0.05) is 78.6 Å². The smallest absolute Gasteiger partial charge is 0.331 e. The molecule has 4 nitrogen and oxygen atoms in total.